The molecule has 0 aliphatic carbocycles. The molecule has 0 spiro atoms. The van der Waals surface area contributed by atoms with E-state index in [4.69, 9.17) is 4.98 Å². The Bertz CT molecular complexity index is 417. The Balaban J connectivity index is 2.09. The molecule has 1 aliphatic rings. The highest BCUT2D eigenvalue weighted by Gasteiger charge is 2.22. The van der Waals surface area contributed by atoms with Crippen molar-refractivity contribution in [2.45, 2.75) is 53.0 Å². The lowest BCUT2D eigenvalue weighted by atomic mass is 10.1. The second-order valence-electron chi connectivity index (χ2n) is 5.86. The minimum atomic E-state index is 0.851. The van der Waals surface area contributed by atoms with Gasteiger partial charge in [0.2, 0.25) is 0 Å². The Hall–Kier alpha value is -1.09. The zero-order valence-electron chi connectivity index (χ0n) is 13.3. The third kappa shape index (κ3) is 3.95. The molecule has 0 radical (unpaired) electrons. The van der Waals surface area contributed by atoms with Crippen molar-refractivity contribution in [2.75, 3.05) is 24.5 Å². The van der Waals surface area contributed by atoms with Crippen LogP contribution in [0.5, 0.6) is 0 Å². The second kappa shape index (κ2) is 7.63. The van der Waals surface area contributed by atoms with Gasteiger partial charge in [-0.25, -0.2) is 4.98 Å². The minimum Gasteiger partial charge on any atom is -0.356 e. The average Bonchev–Trinajstić information content (AvgIpc) is 2.96. The van der Waals surface area contributed by atoms with Crippen LogP contribution in [0.1, 0.15) is 51.3 Å². The summed E-state index contributed by atoms with van der Waals surface area (Å²) in [6.45, 7) is 11.1. The Morgan fingerprint density at radius 1 is 1.30 bits per heavy atom. The van der Waals surface area contributed by atoms with Crippen molar-refractivity contribution in [1.82, 2.24) is 10.3 Å². The van der Waals surface area contributed by atoms with E-state index >= 15 is 0 Å². The molecule has 3 nitrogen and oxygen atoms in total. The van der Waals surface area contributed by atoms with Crippen LogP contribution >= 0.6 is 0 Å². The monoisotopic (exact) mass is 275 g/mol. The fraction of sp³-hybridized carbons (Fsp3) is 0.706. The zero-order chi connectivity index (χ0) is 14.4. The van der Waals surface area contributed by atoms with Crippen LogP contribution in [-0.4, -0.2) is 24.6 Å². The van der Waals surface area contributed by atoms with Crippen LogP contribution in [0.25, 0.3) is 0 Å². The van der Waals surface area contributed by atoms with Crippen molar-refractivity contribution in [3.8, 4) is 0 Å². The number of rotatable bonds is 7. The van der Waals surface area contributed by atoms with Gasteiger partial charge in [0.15, 0.2) is 0 Å². The third-order valence-electron chi connectivity index (χ3n) is 4.23. The van der Waals surface area contributed by atoms with Crippen molar-refractivity contribution in [3.05, 3.63) is 23.4 Å². The summed E-state index contributed by atoms with van der Waals surface area (Å²) in [7, 11) is 0. The molecule has 1 fully saturated rings. The van der Waals surface area contributed by atoms with Gasteiger partial charge in [-0.1, -0.05) is 27.2 Å². The molecule has 2 rings (SSSR count). The average molecular weight is 275 g/mol. The van der Waals surface area contributed by atoms with Crippen LogP contribution in [0.2, 0.25) is 0 Å². The lowest BCUT2D eigenvalue weighted by molar-refractivity contribution is 0.568. The van der Waals surface area contributed by atoms with E-state index < -0.39 is 0 Å². The Morgan fingerprint density at radius 3 is 2.80 bits per heavy atom. The van der Waals surface area contributed by atoms with Crippen LogP contribution in [-0.2, 0) is 13.0 Å². The quantitative estimate of drug-likeness (QED) is 0.773. The number of aryl methyl sites for hydroxylation is 1. The smallest absolute Gasteiger partial charge is 0.129 e. The van der Waals surface area contributed by atoms with Crippen molar-refractivity contribution >= 4 is 5.82 Å². The molecule has 112 valence electrons. The lowest BCUT2D eigenvalue weighted by Gasteiger charge is -2.19. The van der Waals surface area contributed by atoms with Crippen LogP contribution in [0.4, 0.5) is 5.82 Å². The number of aromatic nitrogens is 1. The molecule has 3 heteroatoms. The maximum absolute atomic E-state index is 4.83. The summed E-state index contributed by atoms with van der Waals surface area (Å²) in [4.78, 5) is 7.30. The highest BCUT2D eigenvalue weighted by Crippen LogP contribution is 2.25. The Labute approximate surface area is 123 Å². The van der Waals surface area contributed by atoms with Crippen LogP contribution in [0.3, 0.4) is 0 Å². The van der Waals surface area contributed by atoms with Crippen molar-refractivity contribution in [1.29, 1.82) is 0 Å². The van der Waals surface area contributed by atoms with Crippen LogP contribution < -0.4 is 10.2 Å². The van der Waals surface area contributed by atoms with E-state index in [1.807, 2.05) is 0 Å². The SMILES string of the molecule is CCCNCc1cc(CC)nc(N2CCC(CC)C2)c1. The van der Waals surface area contributed by atoms with E-state index in [1.165, 1.54) is 49.4 Å². The fourth-order valence-corrected chi connectivity index (χ4v) is 2.86. The first-order valence-corrected chi connectivity index (χ1v) is 8.22. The molecule has 0 aromatic carbocycles. The van der Waals surface area contributed by atoms with Gasteiger partial charge in [0.25, 0.3) is 0 Å². The van der Waals surface area contributed by atoms with E-state index in [2.05, 4.69) is 43.1 Å². The van der Waals surface area contributed by atoms with E-state index in [-0.39, 0.29) is 0 Å². The number of nitrogens with one attached hydrogen (secondary N) is 1. The van der Waals surface area contributed by atoms with Gasteiger partial charge in [0.1, 0.15) is 5.82 Å². The molecular weight excluding hydrogens is 246 g/mol. The molecule has 1 N–H and O–H groups in total. The molecule has 1 atom stereocenters. The Kier molecular flexibility index (Phi) is 5.84. The van der Waals surface area contributed by atoms with E-state index in [1.54, 1.807) is 0 Å². The molecule has 0 amide bonds. The van der Waals surface area contributed by atoms with E-state index in [0.717, 1.165) is 25.4 Å². The number of pyridine rings is 1. The minimum absolute atomic E-state index is 0.851. The topological polar surface area (TPSA) is 28.2 Å². The standard InChI is InChI=1S/C17H29N3/c1-4-8-18-12-15-10-16(6-3)19-17(11-15)20-9-7-14(5-2)13-20/h10-11,14,18H,4-9,12-13H2,1-3H3. The molecule has 1 aromatic rings. The summed E-state index contributed by atoms with van der Waals surface area (Å²) in [6, 6.07) is 4.53. The van der Waals surface area contributed by atoms with Gasteiger partial charge in [-0.2, -0.15) is 0 Å². The van der Waals surface area contributed by atoms with Crippen LogP contribution in [0.15, 0.2) is 12.1 Å². The summed E-state index contributed by atoms with van der Waals surface area (Å²) in [5.74, 6) is 2.04. The maximum atomic E-state index is 4.83. The predicted molar refractivity (Wildman–Crippen MR) is 86.2 cm³/mol. The van der Waals surface area contributed by atoms with E-state index in [9.17, 15) is 0 Å². The first-order valence-electron chi connectivity index (χ1n) is 8.22. The van der Waals surface area contributed by atoms with Crippen molar-refractivity contribution in [3.63, 3.8) is 0 Å². The molecule has 20 heavy (non-hydrogen) atoms. The maximum Gasteiger partial charge on any atom is 0.129 e. The highest BCUT2D eigenvalue weighted by atomic mass is 15.2. The molecule has 1 aliphatic heterocycles. The molecule has 0 saturated carbocycles. The van der Waals surface area contributed by atoms with Gasteiger partial charge < -0.3 is 10.2 Å². The second-order valence-corrected chi connectivity index (χ2v) is 5.86. The molecule has 1 unspecified atom stereocenters. The van der Waals surface area contributed by atoms with Gasteiger partial charge in [-0.15, -0.1) is 0 Å². The summed E-state index contributed by atoms with van der Waals surface area (Å²) in [5, 5.41) is 3.49. The normalized spacial score (nSPS) is 18.8. The summed E-state index contributed by atoms with van der Waals surface area (Å²) in [6.07, 6.45) is 4.80. The molecule has 0 bridgehead atoms. The zero-order valence-corrected chi connectivity index (χ0v) is 13.3. The van der Waals surface area contributed by atoms with Crippen molar-refractivity contribution in [2.24, 2.45) is 5.92 Å². The first kappa shape index (κ1) is 15.3. The molecule has 1 aromatic heterocycles. The van der Waals surface area contributed by atoms with E-state index in [0.29, 0.717) is 0 Å². The predicted octanol–water partition coefficient (Wildman–Crippen LogP) is 3.38. The summed E-state index contributed by atoms with van der Waals surface area (Å²) >= 11 is 0. The molecule has 1 saturated heterocycles. The van der Waals surface area contributed by atoms with Gasteiger partial charge in [0.05, 0.1) is 0 Å². The largest absolute Gasteiger partial charge is 0.356 e. The highest BCUT2D eigenvalue weighted by molar-refractivity contribution is 5.44. The molecule has 2 heterocycles. The van der Waals surface area contributed by atoms with Gasteiger partial charge in [-0.3, -0.25) is 0 Å². The van der Waals surface area contributed by atoms with Gasteiger partial charge in [0, 0.05) is 25.3 Å². The van der Waals surface area contributed by atoms with Gasteiger partial charge >= 0.3 is 0 Å². The number of hydrogen-bond acceptors (Lipinski definition) is 3. The number of hydrogen-bond donors (Lipinski definition) is 1. The summed E-state index contributed by atoms with van der Waals surface area (Å²) in [5.41, 5.74) is 2.59. The van der Waals surface area contributed by atoms with Crippen molar-refractivity contribution < 1.29 is 0 Å². The lowest BCUT2D eigenvalue weighted by Crippen LogP contribution is -2.22. The molecular formula is C17H29N3. The number of anilines is 1. The fourth-order valence-electron chi connectivity index (χ4n) is 2.86. The number of nitrogens with zero attached hydrogens (tertiary/aromatic N) is 2. The van der Waals surface area contributed by atoms with Gasteiger partial charge in [-0.05, 0) is 49.4 Å². The summed E-state index contributed by atoms with van der Waals surface area (Å²) < 4.78 is 0. The third-order valence-corrected chi connectivity index (χ3v) is 4.23. The Morgan fingerprint density at radius 2 is 2.15 bits per heavy atom. The van der Waals surface area contributed by atoms with Crippen LogP contribution in [0, 0.1) is 5.92 Å². The first-order chi connectivity index (χ1) is 9.76.